The van der Waals surface area contributed by atoms with E-state index >= 15 is 0 Å². The van der Waals surface area contributed by atoms with E-state index in [1.165, 1.54) is 18.6 Å². The number of halogens is 1. The fourth-order valence-electron chi connectivity index (χ4n) is 2.72. The van der Waals surface area contributed by atoms with Crippen LogP contribution in [0.15, 0.2) is 24.3 Å². The first-order valence-electron chi connectivity index (χ1n) is 7.09. The van der Waals surface area contributed by atoms with Gasteiger partial charge in [0.1, 0.15) is 5.82 Å². The molecule has 1 amide bonds. The van der Waals surface area contributed by atoms with Gasteiger partial charge >= 0.3 is 0 Å². The van der Waals surface area contributed by atoms with Crippen LogP contribution in [-0.2, 0) is 4.79 Å². The fraction of sp³-hybridized carbons (Fsp3) is 0.562. The Balaban J connectivity index is 1.92. The van der Waals surface area contributed by atoms with Crippen LogP contribution in [0.5, 0.6) is 0 Å². The van der Waals surface area contributed by atoms with E-state index < -0.39 is 0 Å². The number of nitrogens with zero attached hydrogens (tertiary/aromatic N) is 1. The van der Waals surface area contributed by atoms with Gasteiger partial charge in [-0.25, -0.2) is 4.39 Å². The Kier molecular flexibility index (Phi) is 4.56. The van der Waals surface area contributed by atoms with Crippen LogP contribution in [0.4, 0.5) is 4.39 Å². The van der Waals surface area contributed by atoms with Gasteiger partial charge in [0.2, 0.25) is 5.91 Å². The van der Waals surface area contributed by atoms with Gasteiger partial charge in [0, 0.05) is 19.5 Å². The number of piperidine rings is 1. The molecule has 1 heterocycles. The minimum atomic E-state index is -0.230. The summed E-state index contributed by atoms with van der Waals surface area (Å²) in [6.45, 7) is 6.00. The third kappa shape index (κ3) is 3.79. The molecule has 1 aromatic carbocycles. The number of hydrogen-bond acceptors (Lipinski definition) is 1. The van der Waals surface area contributed by atoms with Crippen LogP contribution in [0.25, 0.3) is 0 Å². The molecule has 1 aliphatic rings. The van der Waals surface area contributed by atoms with E-state index in [4.69, 9.17) is 0 Å². The highest BCUT2D eigenvalue weighted by molar-refractivity contribution is 5.77. The van der Waals surface area contributed by atoms with Crippen molar-refractivity contribution in [2.75, 3.05) is 13.1 Å². The van der Waals surface area contributed by atoms with Crippen LogP contribution in [0.1, 0.15) is 44.6 Å². The molecule has 1 aliphatic heterocycles. The highest BCUT2D eigenvalue weighted by Gasteiger charge is 2.22. The molecule has 0 aliphatic carbocycles. The van der Waals surface area contributed by atoms with Crippen molar-refractivity contribution in [2.45, 2.75) is 39.0 Å². The molecule has 3 heteroatoms. The Morgan fingerprint density at radius 2 is 2.11 bits per heavy atom. The molecular formula is C16H22FNO. The summed E-state index contributed by atoms with van der Waals surface area (Å²) in [4.78, 5) is 14.2. The molecule has 1 aromatic rings. The summed E-state index contributed by atoms with van der Waals surface area (Å²) >= 11 is 0. The van der Waals surface area contributed by atoms with Gasteiger partial charge in [0.25, 0.3) is 0 Å². The molecule has 104 valence electrons. The number of carbonyl (C=O) groups excluding carboxylic acids is 1. The molecule has 0 N–H and O–H groups in total. The first kappa shape index (κ1) is 14.0. The van der Waals surface area contributed by atoms with Crippen LogP contribution < -0.4 is 0 Å². The van der Waals surface area contributed by atoms with E-state index in [9.17, 15) is 9.18 Å². The van der Waals surface area contributed by atoms with Crippen molar-refractivity contribution in [2.24, 2.45) is 5.92 Å². The molecule has 2 rings (SSSR count). The van der Waals surface area contributed by atoms with Crippen LogP contribution in [0.3, 0.4) is 0 Å². The zero-order chi connectivity index (χ0) is 13.8. The lowest BCUT2D eigenvalue weighted by Crippen LogP contribution is -2.39. The summed E-state index contributed by atoms with van der Waals surface area (Å²) < 4.78 is 12.9. The number of rotatable bonds is 3. The molecule has 2 atom stereocenters. The quantitative estimate of drug-likeness (QED) is 0.816. The van der Waals surface area contributed by atoms with Crippen LogP contribution in [0.2, 0.25) is 0 Å². The molecule has 19 heavy (non-hydrogen) atoms. The number of likely N-dealkylation sites (tertiary alicyclic amines) is 1. The van der Waals surface area contributed by atoms with E-state index in [2.05, 4.69) is 6.92 Å². The van der Waals surface area contributed by atoms with Crippen molar-refractivity contribution in [1.82, 2.24) is 4.90 Å². The second kappa shape index (κ2) is 6.18. The minimum Gasteiger partial charge on any atom is -0.342 e. The largest absolute Gasteiger partial charge is 0.342 e. The second-order valence-electron chi connectivity index (χ2n) is 5.74. The van der Waals surface area contributed by atoms with Gasteiger partial charge < -0.3 is 4.90 Å². The van der Waals surface area contributed by atoms with Gasteiger partial charge in [0.15, 0.2) is 0 Å². The average molecular weight is 263 g/mol. The van der Waals surface area contributed by atoms with E-state index in [1.807, 2.05) is 11.8 Å². The van der Waals surface area contributed by atoms with E-state index in [1.54, 1.807) is 12.1 Å². The first-order chi connectivity index (χ1) is 9.06. The van der Waals surface area contributed by atoms with Crippen molar-refractivity contribution >= 4 is 5.91 Å². The molecule has 2 nitrogen and oxygen atoms in total. The molecule has 0 bridgehead atoms. The molecule has 0 aromatic heterocycles. The number of benzene rings is 1. The summed E-state index contributed by atoms with van der Waals surface area (Å²) in [7, 11) is 0. The molecular weight excluding hydrogens is 241 g/mol. The van der Waals surface area contributed by atoms with Crippen molar-refractivity contribution in [3.63, 3.8) is 0 Å². The van der Waals surface area contributed by atoms with Crippen LogP contribution in [-0.4, -0.2) is 23.9 Å². The maximum Gasteiger partial charge on any atom is 0.223 e. The minimum absolute atomic E-state index is 0.144. The van der Waals surface area contributed by atoms with Gasteiger partial charge in [-0.3, -0.25) is 4.79 Å². The molecule has 1 saturated heterocycles. The van der Waals surface area contributed by atoms with Gasteiger partial charge in [-0.1, -0.05) is 26.0 Å². The fourth-order valence-corrected chi connectivity index (χ4v) is 2.72. The van der Waals surface area contributed by atoms with Crippen molar-refractivity contribution in [3.8, 4) is 0 Å². The average Bonchev–Trinajstić information content (AvgIpc) is 2.39. The van der Waals surface area contributed by atoms with Crippen LogP contribution in [0, 0.1) is 11.7 Å². The van der Waals surface area contributed by atoms with E-state index in [0.29, 0.717) is 12.3 Å². The summed E-state index contributed by atoms with van der Waals surface area (Å²) in [5, 5.41) is 0. The Labute approximate surface area is 114 Å². The van der Waals surface area contributed by atoms with Gasteiger partial charge in [-0.2, -0.15) is 0 Å². The predicted molar refractivity (Wildman–Crippen MR) is 74.4 cm³/mol. The normalized spacial score (nSPS) is 21.2. The summed E-state index contributed by atoms with van der Waals surface area (Å²) in [6, 6.07) is 6.46. The predicted octanol–water partition coefficient (Wildman–Crippen LogP) is 3.58. The molecule has 1 fully saturated rings. The van der Waals surface area contributed by atoms with Gasteiger partial charge in [0.05, 0.1) is 0 Å². The van der Waals surface area contributed by atoms with Crippen molar-refractivity contribution in [1.29, 1.82) is 0 Å². The van der Waals surface area contributed by atoms with E-state index in [-0.39, 0.29) is 17.6 Å². The number of carbonyl (C=O) groups is 1. The topological polar surface area (TPSA) is 20.3 Å². The lowest BCUT2D eigenvalue weighted by molar-refractivity contribution is -0.133. The smallest absolute Gasteiger partial charge is 0.223 e. The molecule has 0 saturated carbocycles. The summed E-state index contributed by atoms with van der Waals surface area (Å²) in [5.74, 6) is 0.750. The summed E-state index contributed by atoms with van der Waals surface area (Å²) in [6.07, 6.45) is 2.84. The van der Waals surface area contributed by atoms with Crippen molar-refractivity contribution < 1.29 is 9.18 Å². The van der Waals surface area contributed by atoms with E-state index in [0.717, 1.165) is 25.1 Å². The highest BCUT2D eigenvalue weighted by atomic mass is 19.1. The zero-order valence-corrected chi connectivity index (χ0v) is 11.7. The SMILES string of the molecule is CC1CCCN(C(=O)CC(C)c2ccc(F)cc2)C1. The first-order valence-corrected chi connectivity index (χ1v) is 7.09. The maximum atomic E-state index is 12.9. The molecule has 2 unspecified atom stereocenters. The Morgan fingerprint density at radius 1 is 1.42 bits per heavy atom. The standard InChI is InChI=1S/C16H22FNO/c1-12-4-3-9-18(11-12)16(19)10-13(2)14-5-7-15(17)8-6-14/h5-8,12-13H,3-4,9-11H2,1-2H3. The third-order valence-electron chi connectivity index (χ3n) is 3.93. The Morgan fingerprint density at radius 3 is 2.74 bits per heavy atom. The lowest BCUT2D eigenvalue weighted by Gasteiger charge is -2.31. The zero-order valence-electron chi connectivity index (χ0n) is 11.7. The monoisotopic (exact) mass is 263 g/mol. The maximum absolute atomic E-state index is 12.9. The Hall–Kier alpha value is -1.38. The Bertz CT molecular complexity index is 429. The summed E-state index contributed by atoms with van der Waals surface area (Å²) in [5.41, 5.74) is 1.03. The molecule has 0 spiro atoms. The highest BCUT2D eigenvalue weighted by Crippen LogP contribution is 2.22. The number of amides is 1. The van der Waals surface area contributed by atoms with Gasteiger partial charge in [-0.15, -0.1) is 0 Å². The van der Waals surface area contributed by atoms with Crippen molar-refractivity contribution in [3.05, 3.63) is 35.6 Å². The molecule has 0 radical (unpaired) electrons. The van der Waals surface area contributed by atoms with Crippen LogP contribution >= 0.6 is 0 Å². The van der Waals surface area contributed by atoms with Gasteiger partial charge in [-0.05, 0) is 42.4 Å². The number of hydrogen-bond donors (Lipinski definition) is 0. The second-order valence-corrected chi connectivity index (χ2v) is 5.74. The third-order valence-corrected chi connectivity index (χ3v) is 3.93. The lowest BCUT2D eigenvalue weighted by atomic mass is 9.95.